The molecule has 6 heteroatoms. The molecule has 2 aromatic rings. The average molecular weight is 354 g/mol. The minimum atomic E-state index is -4.38. The smallest absolute Gasteiger partial charge is 0.294 e. The number of ketones is 1. The number of halogens is 4. The van der Waals surface area contributed by atoms with Crippen LogP contribution < -0.4 is 0 Å². The summed E-state index contributed by atoms with van der Waals surface area (Å²) < 4.78 is 39.6. The molecule has 1 aromatic carbocycles. The van der Waals surface area contributed by atoms with E-state index in [4.69, 9.17) is 11.6 Å². The molecule has 0 spiro atoms. The molecule has 1 heterocycles. The van der Waals surface area contributed by atoms with E-state index in [-0.39, 0.29) is 34.8 Å². The molecule has 3 rings (SSSR count). The van der Waals surface area contributed by atoms with Crippen LogP contribution in [0.3, 0.4) is 0 Å². The van der Waals surface area contributed by atoms with Crippen LogP contribution in [0.25, 0.3) is 0 Å². The highest BCUT2D eigenvalue weighted by molar-refractivity contribution is 6.32. The highest BCUT2D eigenvalue weighted by Gasteiger charge is 2.40. The van der Waals surface area contributed by atoms with Gasteiger partial charge in [0.25, 0.3) is 0 Å². The molecular weight excluding hydrogens is 339 g/mol. The summed E-state index contributed by atoms with van der Waals surface area (Å²) in [7, 11) is 0. The third-order valence-corrected chi connectivity index (χ3v) is 4.89. The topological polar surface area (TPSA) is 30.0 Å². The van der Waals surface area contributed by atoms with Crippen molar-refractivity contribution >= 4 is 17.4 Å². The van der Waals surface area contributed by atoms with Crippen LogP contribution in [0.15, 0.2) is 42.6 Å². The van der Waals surface area contributed by atoms with Crippen molar-refractivity contribution in [2.45, 2.75) is 31.4 Å². The van der Waals surface area contributed by atoms with Crippen LogP contribution in [-0.2, 0) is 6.18 Å². The fourth-order valence-electron chi connectivity index (χ4n) is 3.24. The number of benzene rings is 1. The van der Waals surface area contributed by atoms with Gasteiger partial charge in [0.1, 0.15) is 5.15 Å². The van der Waals surface area contributed by atoms with Crippen molar-refractivity contribution in [3.05, 3.63) is 64.4 Å². The molecular formula is C18H15ClF3NO. The maximum atomic E-state index is 13.2. The van der Waals surface area contributed by atoms with Gasteiger partial charge in [-0.3, -0.25) is 4.79 Å². The molecule has 1 fully saturated rings. The molecule has 0 saturated heterocycles. The van der Waals surface area contributed by atoms with Crippen molar-refractivity contribution < 1.29 is 18.0 Å². The van der Waals surface area contributed by atoms with Crippen molar-refractivity contribution in [3.63, 3.8) is 0 Å². The lowest BCUT2D eigenvalue weighted by atomic mass is 9.66. The largest absolute Gasteiger partial charge is 0.416 e. The number of pyridine rings is 1. The zero-order chi connectivity index (χ0) is 17.3. The fraction of sp³-hybridized carbons (Fsp3) is 0.333. The van der Waals surface area contributed by atoms with Gasteiger partial charge in [-0.15, -0.1) is 0 Å². The minimum Gasteiger partial charge on any atom is -0.294 e. The van der Waals surface area contributed by atoms with E-state index >= 15 is 0 Å². The summed E-state index contributed by atoms with van der Waals surface area (Å²) in [5.74, 6) is -0.521. The summed E-state index contributed by atoms with van der Waals surface area (Å²) >= 11 is 5.92. The molecule has 126 valence electrons. The quantitative estimate of drug-likeness (QED) is 0.535. The molecule has 1 aliphatic rings. The van der Waals surface area contributed by atoms with E-state index in [2.05, 4.69) is 4.98 Å². The van der Waals surface area contributed by atoms with Gasteiger partial charge in [0, 0.05) is 12.6 Å². The predicted molar refractivity (Wildman–Crippen MR) is 85.1 cm³/mol. The summed E-state index contributed by atoms with van der Waals surface area (Å²) in [5, 5.41) is 0.133. The van der Waals surface area contributed by atoms with Gasteiger partial charge < -0.3 is 0 Å². The third-order valence-electron chi connectivity index (χ3n) is 4.59. The zero-order valence-electron chi connectivity index (χ0n) is 12.7. The van der Waals surface area contributed by atoms with Gasteiger partial charge in [0.2, 0.25) is 0 Å². The molecule has 0 unspecified atom stereocenters. The van der Waals surface area contributed by atoms with Crippen molar-refractivity contribution in [3.8, 4) is 0 Å². The Morgan fingerprint density at radius 2 is 1.92 bits per heavy atom. The first-order valence-electron chi connectivity index (χ1n) is 7.67. The lowest BCUT2D eigenvalue weighted by Crippen LogP contribution is -2.28. The molecule has 1 saturated carbocycles. The molecule has 0 aliphatic heterocycles. The lowest BCUT2D eigenvalue weighted by Gasteiger charge is -2.38. The Morgan fingerprint density at radius 3 is 2.54 bits per heavy atom. The van der Waals surface area contributed by atoms with Crippen molar-refractivity contribution in [2.75, 3.05) is 0 Å². The summed E-state index contributed by atoms with van der Waals surface area (Å²) in [6.07, 6.45) is -1.31. The first kappa shape index (κ1) is 17.0. The van der Waals surface area contributed by atoms with E-state index in [0.29, 0.717) is 12.0 Å². The van der Waals surface area contributed by atoms with Crippen LogP contribution in [0.4, 0.5) is 13.2 Å². The summed E-state index contributed by atoms with van der Waals surface area (Å²) in [6.45, 7) is 0. The lowest BCUT2D eigenvalue weighted by molar-refractivity contribution is -0.138. The third kappa shape index (κ3) is 3.31. The second-order valence-corrected chi connectivity index (χ2v) is 6.36. The monoisotopic (exact) mass is 353 g/mol. The van der Waals surface area contributed by atoms with Gasteiger partial charge in [0.15, 0.2) is 5.78 Å². The van der Waals surface area contributed by atoms with Gasteiger partial charge in [-0.1, -0.05) is 29.8 Å². The maximum absolute atomic E-state index is 13.2. The Morgan fingerprint density at radius 1 is 1.17 bits per heavy atom. The second-order valence-electron chi connectivity index (χ2n) is 6.00. The van der Waals surface area contributed by atoms with Crippen LogP contribution in [0.2, 0.25) is 5.15 Å². The number of rotatable bonds is 4. The van der Waals surface area contributed by atoms with E-state index in [9.17, 15) is 18.0 Å². The molecule has 24 heavy (non-hydrogen) atoms. The van der Waals surface area contributed by atoms with Gasteiger partial charge in [-0.25, -0.2) is 4.98 Å². The second kappa shape index (κ2) is 6.55. The van der Waals surface area contributed by atoms with Crippen LogP contribution in [0.1, 0.15) is 46.7 Å². The van der Waals surface area contributed by atoms with Gasteiger partial charge in [-0.2, -0.15) is 13.2 Å². The normalized spacial score (nSPS) is 20.5. The highest BCUT2D eigenvalue weighted by atomic mass is 35.5. The Hall–Kier alpha value is -1.88. The minimum absolute atomic E-state index is 0.0997. The number of Topliss-reactive ketones (excluding diaryl/α,β-unsaturated/α-hetero) is 1. The molecule has 2 atom stereocenters. The molecule has 0 N–H and O–H groups in total. The zero-order valence-corrected chi connectivity index (χ0v) is 13.4. The van der Waals surface area contributed by atoms with Crippen molar-refractivity contribution in [1.29, 1.82) is 0 Å². The number of hydrogen-bond donors (Lipinski definition) is 0. The standard InChI is InChI=1S/C18H15ClF3NO/c19-17-14(5-3-9-23-17)16(24)10-11-7-8-12(11)13-4-1-2-6-15(13)18(20,21)22/h1-6,9,11-12H,7-8,10H2/t11-,12-/m0/s1. The molecule has 2 nitrogen and oxygen atoms in total. The number of carbonyl (C=O) groups is 1. The molecule has 0 radical (unpaired) electrons. The van der Waals surface area contributed by atoms with Crippen LogP contribution >= 0.6 is 11.6 Å². The number of hydrogen-bond acceptors (Lipinski definition) is 2. The Bertz CT molecular complexity index is 760. The first-order valence-corrected chi connectivity index (χ1v) is 8.05. The Labute approximate surface area is 142 Å². The van der Waals surface area contributed by atoms with Crippen molar-refractivity contribution in [2.24, 2.45) is 5.92 Å². The van der Waals surface area contributed by atoms with E-state index in [1.54, 1.807) is 18.2 Å². The number of aromatic nitrogens is 1. The van der Waals surface area contributed by atoms with Crippen molar-refractivity contribution in [1.82, 2.24) is 4.98 Å². The summed E-state index contributed by atoms with van der Waals surface area (Å²) in [4.78, 5) is 16.3. The van der Waals surface area contributed by atoms with Crippen LogP contribution in [-0.4, -0.2) is 10.8 Å². The van der Waals surface area contributed by atoms with Gasteiger partial charge in [-0.05, 0) is 48.4 Å². The Balaban J connectivity index is 1.79. The van der Waals surface area contributed by atoms with E-state index in [1.165, 1.54) is 18.3 Å². The highest BCUT2D eigenvalue weighted by Crippen LogP contribution is 2.48. The molecule has 0 bridgehead atoms. The molecule has 1 aromatic heterocycles. The first-order chi connectivity index (χ1) is 11.4. The van der Waals surface area contributed by atoms with Gasteiger partial charge >= 0.3 is 6.18 Å². The van der Waals surface area contributed by atoms with E-state index in [0.717, 1.165) is 12.5 Å². The fourth-order valence-corrected chi connectivity index (χ4v) is 3.47. The molecule has 0 amide bonds. The number of carbonyl (C=O) groups excluding carboxylic acids is 1. The maximum Gasteiger partial charge on any atom is 0.416 e. The van der Waals surface area contributed by atoms with Gasteiger partial charge in [0.05, 0.1) is 11.1 Å². The van der Waals surface area contributed by atoms with E-state index < -0.39 is 11.7 Å². The predicted octanol–water partition coefficient (Wildman–Crippen LogP) is 5.52. The van der Waals surface area contributed by atoms with Crippen LogP contribution in [0.5, 0.6) is 0 Å². The summed E-state index contributed by atoms with van der Waals surface area (Å²) in [5.41, 5.74) is 0.00631. The van der Waals surface area contributed by atoms with E-state index in [1.807, 2.05) is 0 Å². The molecule has 1 aliphatic carbocycles. The summed E-state index contributed by atoms with van der Waals surface area (Å²) in [6, 6.07) is 8.83. The SMILES string of the molecule is O=C(C[C@@H]1CC[C@@H]1c1ccccc1C(F)(F)F)c1cccnc1Cl. The average Bonchev–Trinajstić information content (AvgIpc) is 2.51. The number of nitrogens with zero attached hydrogens (tertiary/aromatic N) is 1. The van der Waals surface area contributed by atoms with Crippen LogP contribution in [0, 0.1) is 5.92 Å². The number of alkyl halides is 3. The Kier molecular flexibility index (Phi) is 4.63.